The summed E-state index contributed by atoms with van der Waals surface area (Å²) in [6.07, 6.45) is 5.73. The van der Waals surface area contributed by atoms with Crippen molar-refractivity contribution in [3.63, 3.8) is 0 Å². The predicted molar refractivity (Wildman–Crippen MR) is 135 cm³/mol. The fourth-order valence-corrected chi connectivity index (χ4v) is 5.85. The van der Waals surface area contributed by atoms with Gasteiger partial charge in [0.1, 0.15) is 16.9 Å². The van der Waals surface area contributed by atoms with Crippen molar-refractivity contribution in [3.05, 3.63) is 62.5 Å². The maximum Gasteiger partial charge on any atom is 0.225 e. The van der Waals surface area contributed by atoms with Crippen molar-refractivity contribution in [2.75, 3.05) is 26.2 Å². The molecule has 1 fully saturated rings. The Bertz CT molecular complexity index is 1320. The average molecular weight is 493 g/mol. The van der Waals surface area contributed by atoms with E-state index in [0.29, 0.717) is 37.0 Å². The van der Waals surface area contributed by atoms with Gasteiger partial charge in [0.2, 0.25) is 5.91 Å². The standard InChI is InChI=1S/C25H25ClN6OS/c1-5-30-10-12-31(13-11-30)21(33)14-20-24-29-28-17(4)32(24)25-22(15(2)16(3)34-25)23(27-20)18-6-8-19(26)9-7-18/h1,6-9,20H,10-14H2,2-4H3/t20-/m0/s1. The van der Waals surface area contributed by atoms with E-state index in [9.17, 15) is 4.79 Å². The van der Waals surface area contributed by atoms with E-state index in [4.69, 9.17) is 23.0 Å². The third kappa shape index (κ3) is 3.89. The topological polar surface area (TPSA) is 66.6 Å². The van der Waals surface area contributed by atoms with Gasteiger partial charge in [-0.25, -0.2) is 0 Å². The Labute approximate surface area is 208 Å². The highest BCUT2D eigenvalue weighted by atomic mass is 35.5. The maximum atomic E-state index is 13.3. The van der Waals surface area contributed by atoms with Gasteiger partial charge in [-0.05, 0) is 38.5 Å². The number of aromatic nitrogens is 3. The van der Waals surface area contributed by atoms with Crippen molar-refractivity contribution in [2.45, 2.75) is 33.2 Å². The smallest absolute Gasteiger partial charge is 0.225 e. The fourth-order valence-electron chi connectivity index (χ4n) is 4.51. The van der Waals surface area contributed by atoms with Gasteiger partial charge in [0.25, 0.3) is 0 Å². The summed E-state index contributed by atoms with van der Waals surface area (Å²) >= 11 is 7.87. The lowest BCUT2D eigenvalue weighted by Gasteiger charge is -2.33. The van der Waals surface area contributed by atoms with Crippen LogP contribution < -0.4 is 0 Å². The molecule has 1 amide bonds. The molecule has 2 aromatic heterocycles. The molecule has 0 radical (unpaired) electrons. The fraction of sp³-hybridized carbons (Fsp3) is 0.360. The van der Waals surface area contributed by atoms with Crippen molar-refractivity contribution >= 4 is 34.6 Å². The van der Waals surface area contributed by atoms with Crippen LogP contribution in [0.5, 0.6) is 0 Å². The molecule has 34 heavy (non-hydrogen) atoms. The summed E-state index contributed by atoms with van der Waals surface area (Å²) in [7, 11) is 0. The Morgan fingerprint density at radius 2 is 1.85 bits per heavy atom. The minimum Gasteiger partial charge on any atom is -0.339 e. The number of halogens is 1. The van der Waals surface area contributed by atoms with Crippen molar-refractivity contribution < 1.29 is 4.79 Å². The van der Waals surface area contributed by atoms with E-state index >= 15 is 0 Å². The van der Waals surface area contributed by atoms with Crippen LogP contribution in [-0.4, -0.2) is 62.4 Å². The summed E-state index contributed by atoms with van der Waals surface area (Å²) in [4.78, 5) is 23.5. The van der Waals surface area contributed by atoms with E-state index < -0.39 is 6.04 Å². The molecule has 3 aromatic rings. The van der Waals surface area contributed by atoms with Gasteiger partial charge in [-0.15, -0.1) is 21.5 Å². The van der Waals surface area contributed by atoms with Crippen LogP contribution in [0.4, 0.5) is 0 Å². The van der Waals surface area contributed by atoms with Crippen molar-refractivity contribution in [2.24, 2.45) is 4.99 Å². The van der Waals surface area contributed by atoms with Crippen LogP contribution in [0.25, 0.3) is 5.00 Å². The van der Waals surface area contributed by atoms with Gasteiger partial charge >= 0.3 is 0 Å². The van der Waals surface area contributed by atoms with Gasteiger partial charge in [0, 0.05) is 53.3 Å². The number of hydrogen-bond donors (Lipinski definition) is 0. The number of fused-ring (bicyclic) bond motifs is 3. The van der Waals surface area contributed by atoms with Crippen LogP contribution in [0.15, 0.2) is 29.3 Å². The number of nitrogens with zero attached hydrogens (tertiary/aromatic N) is 6. The molecule has 2 aliphatic heterocycles. The minimum absolute atomic E-state index is 0.0474. The van der Waals surface area contributed by atoms with Crippen LogP contribution in [-0.2, 0) is 4.79 Å². The highest BCUT2D eigenvalue weighted by Crippen LogP contribution is 2.39. The Morgan fingerprint density at radius 1 is 1.15 bits per heavy atom. The SMILES string of the molecule is C#CN1CCN(C(=O)C[C@@H]2N=C(c3ccc(Cl)cc3)c3c(sc(C)c3C)-n3c(C)nnc32)CC1. The molecule has 4 heterocycles. The van der Waals surface area contributed by atoms with Crippen LogP contribution in [0.3, 0.4) is 0 Å². The van der Waals surface area contributed by atoms with Crippen LogP contribution in [0, 0.1) is 33.2 Å². The first-order valence-corrected chi connectivity index (χ1v) is 12.4. The Kier molecular flexibility index (Phi) is 5.92. The molecule has 0 aliphatic carbocycles. The van der Waals surface area contributed by atoms with Crippen LogP contribution in [0.2, 0.25) is 5.02 Å². The summed E-state index contributed by atoms with van der Waals surface area (Å²) in [5.74, 6) is 1.52. The lowest BCUT2D eigenvalue weighted by atomic mass is 9.99. The number of benzene rings is 1. The number of terminal acetylenes is 1. The average Bonchev–Trinajstić information content (AvgIpc) is 3.31. The number of hydrogen-bond acceptors (Lipinski definition) is 6. The largest absolute Gasteiger partial charge is 0.339 e. The summed E-state index contributed by atoms with van der Waals surface area (Å²) in [5, 5.41) is 10.6. The molecule has 1 atom stereocenters. The van der Waals surface area contributed by atoms with E-state index in [0.717, 1.165) is 27.7 Å². The van der Waals surface area contributed by atoms with E-state index in [1.54, 1.807) is 11.3 Å². The zero-order chi connectivity index (χ0) is 24.0. The van der Waals surface area contributed by atoms with E-state index in [2.05, 4.69) is 34.7 Å². The van der Waals surface area contributed by atoms with Gasteiger partial charge in [-0.2, -0.15) is 0 Å². The van der Waals surface area contributed by atoms with Gasteiger partial charge in [-0.1, -0.05) is 30.2 Å². The van der Waals surface area contributed by atoms with Crippen LogP contribution in [0.1, 0.15) is 45.7 Å². The molecule has 0 N–H and O–H groups in total. The monoisotopic (exact) mass is 492 g/mol. The quantitative estimate of drug-likeness (QED) is 0.520. The molecular weight excluding hydrogens is 468 g/mol. The van der Waals surface area contributed by atoms with Crippen molar-refractivity contribution in [1.82, 2.24) is 24.6 Å². The maximum absolute atomic E-state index is 13.3. The highest BCUT2D eigenvalue weighted by Gasteiger charge is 2.33. The first-order chi connectivity index (χ1) is 16.4. The van der Waals surface area contributed by atoms with E-state index in [-0.39, 0.29) is 12.3 Å². The molecule has 2 aliphatic rings. The van der Waals surface area contributed by atoms with Gasteiger partial charge in [-0.3, -0.25) is 14.4 Å². The number of thiophene rings is 1. The second-order valence-electron chi connectivity index (χ2n) is 8.61. The number of carbonyl (C=O) groups is 1. The third-order valence-electron chi connectivity index (χ3n) is 6.54. The summed E-state index contributed by atoms with van der Waals surface area (Å²) in [6.45, 7) is 8.75. The number of piperazine rings is 1. The predicted octanol–water partition coefficient (Wildman–Crippen LogP) is 3.92. The molecule has 1 aromatic carbocycles. The molecule has 1 saturated heterocycles. The minimum atomic E-state index is -0.454. The Hall–Kier alpha value is -3.15. The first-order valence-electron chi connectivity index (χ1n) is 11.2. The molecule has 0 spiro atoms. The molecule has 174 valence electrons. The van der Waals surface area contributed by atoms with Gasteiger partial charge in [0.05, 0.1) is 12.1 Å². The second-order valence-corrected chi connectivity index (χ2v) is 10.2. The third-order valence-corrected chi connectivity index (χ3v) is 7.98. The lowest BCUT2D eigenvalue weighted by molar-refractivity contribution is -0.132. The Balaban J connectivity index is 1.59. The molecular formula is C25H25ClN6OS. The van der Waals surface area contributed by atoms with Crippen molar-refractivity contribution in [1.29, 1.82) is 0 Å². The lowest BCUT2D eigenvalue weighted by Crippen LogP contribution is -2.47. The van der Waals surface area contributed by atoms with Gasteiger partial charge in [0.15, 0.2) is 5.82 Å². The summed E-state index contributed by atoms with van der Waals surface area (Å²) < 4.78 is 2.07. The summed E-state index contributed by atoms with van der Waals surface area (Å²) in [5.41, 5.74) is 4.05. The van der Waals surface area contributed by atoms with Gasteiger partial charge < -0.3 is 9.80 Å². The second kappa shape index (κ2) is 8.90. The highest BCUT2D eigenvalue weighted by molar-refractivity contribution is 7.15. The normalized spacial score (nSPS) is 17.5. The molecule has 7 nitrogen and oxygen atoms in total. The molecule has 9 heteroatoms. The molecule has 0 saturated carbocycles. The number of amides is 1. The van der Waals surface area contributed by atoms with E-state index in [1.165, 1.54) is 10.4 Å². The molecule has 5 rings (SSSR count). The number of aliphatic imine (C=N–C) groups is 1. The first kappa shape index (κ1) is 22.6. The summed E-state index contributed by atoms with van der Waals surface area (Å²) in [6, 6.07) is 9.90. The van der Waals surface area contributed by atoms with E-state index in [1.807, 2.05) is 41.0 Å². The zero-order valence-electron chi connectivity index (χ0n) is 19.4. The number of carbonyl (C=O) groups excluding carboxylic acids is 1. The number of rotatable bonds is 3. The number of aryl methyl sites for hydroxylation is 2. The van der Waals surface area contributed by atoms with Crippen LogP contribution >= 0.6 is 22.9 Å². The Morgan fingerprint density at radius 3 is 2.53 bits per heavy atom. The molecule has 0 unspecified atom stereocenters. The molecule has 0 bridgehead atoms. The van der Waals surface area contributed by atoms with Crippen molar-refractivity contribution in [3.8, 4) is 17.5 Å². The zero-order valence-corrected chi connectivity index (χ0v) is 20.9.